The maximum Gasteiger partial charge on any atom is 0.224 e. The molecule has 1 aromatic rings. The molecule has 0 radical (unpaired) electrons. The largest absolute Gasteiger partial charge is 0.355 e. The minimum Gasteiger partial charge on any atom is -0.355 e. The molecule has 1 N–H and O–H groups in total. The van der Waals surface area contributed by atoms with Gasteiger partial charge in [0, 0.05) is 32.4 Å². The first-order valence-corrected chi connectivity index (χ1v) is 9.29. The molecule has 2 fully saturated rings. The van der Waals surface area contributed by atoms with Crippen LogP contribution in [0.5, 0.6) is 0 Å². The maximum atomic E-state index is 12.5. The highest BCUT2D eigenvalue weighted by Gasteiger charge is 2.30. The summed E-state index contributed by atoms with van der Waals surface area (Å²) in [5.74, 6) is 0.392. The summed E-state index contributed by atoms with van der Waals surface area (Å²) in [7, 11) is 4.12. The van der Waals surface area contributed by atoms with E-state index in [1.54, 1.807) is 4.68 Å². The molecule has 2 aliphatic rings. The first kappa shape index (κ1) is 17.4. The number of aromatic nitrogens is 2. The number of likely N-dealkylation sites (tertiary alicyclic amines) is 2. The van der Waals surface area contributed by atoms with Crippen LogP contribution in [0.3, 0.4) is 0 Å². The van der Waals surface area contributed by atoms with E-state index in [1.807, 2.05) is 19.4 Å². The summed E-state index contributed by atoms with van der Waals surface area (Å²) in [6.07, 6.45) is 9.39. The average Bonchev–Trinajstić information content (AvgIpc) is 3.01. The fourth-order valence-electron chi connectivity index (χ4n) is 3.99. The molecular weight excluding hydrogens is 302 g/mol. The second-order valence-corrected chi connectivity index (χ2v) is 7.43. The minimum absolute atomic E-state index is 0.160. The SMILES string of the molecule is CN1CCC(N2CCC[C@H](C(=O)NCCc3cnn(C)c3)C2)CC1. The molecule has 134 valence electrons. The Hall–Kier alpha value is -1.40. The Morgan fingerprint density at radius 1 is 1.25 bits per heavy atom. The van der Waals surface area contributed by atoms with Crippen LogP contribution in [0.25, 0.3) is 0 Å². The van der Waals surface area contributed by atoms with Crippen molar-refractivity contribution in [1.82, 2.24) is 24.9 Å². The summed E-state index contributed by atoms with van der Waals surface area (Å²) < 4.78 is 1.80. The molecule has 0 aromatic carbocycles. The third-order valence-electron chi connectivity index (χ3n) is 5.50. The van der Waals surface area contributed by atoms with E-state index < -0.39 is 0 Å². The van der Waals surface area contributed by atoms with Crippen LogP contribution < -0.4 is 5.32 Å². The lowest BCUT2D eigenvalue weighted by Crippen LogP contribution is -2.50. The normalized spacial score (nSPS) is 24.2. The monoisotopic (exact) mass is 333 g/mol. The van der Waals surface area contributed by atoms with E-state index >= 15 is 0 Å². The van der Waals surface area contributed by atoms with Gasteiger partial charge in [-0.15, -0.1) is 0 Å². The van der Waals surface area contributed by atoms with Gasteiger partial charge in [-0.05, 0) is 64.3 Å². The number of nitrogens with zero attached hydrogens (tertiary/aromatic N) is 4. The molecule has 6 nitrogen and oxygen atoms in total. The first-order valence-electron chi connectivity index (χ1n) is 9.29. The third kappa shape index (κ3) is 4.57. The summed E-state index contributed by atoms with van der Waals surface area (Å²) in [4.78, 5) is 17.5. The number of hydrogen-bond acceptors (Lipinski definition) is 4. The predicted octanol–water partition coefficient (Wildman–Crippen LogP) is 0.885. The van der Waals surface area contributed by atoms with Gasteiger partial charge in [-0.25, -0.2) is 0 Å². The second kappa shape index (κ2) is 8.12. The highest BCUT2D eigenvalue weighted by molar-refractivity contribution is 5.78. The summed E-state index contributed by atoms with van der Waals surface area (Å²) in [5, 5.41) is 7.29. The van der Waals surface area contributed by atoms with E-state index in [4.69, 9.17) is 0 Å². The predicted molar refractivity (Wildman–Crippen MR) is 94.7 cm³/mol. The minimum atomic E-state index is 0.160. The Labute approximate surface area is 145 Å². The number of carbonyl (C=O) groups excluding carboxylic acids is 1. The van der Waals surface area contributed by atoms with Crippen LogP contribution in [-0.2, 0) is 18.3 Å². The molecule has 24 heavy (non-hydrogen) atoms. The van der Waals surface area contributed by atoms with E-state index in [0.29, 0.717) is 12.6 Å². The zero-order valence-electron chi connectivity index (χ0n) is 15.1. The average molecular weight is 333 g/mol. The molecular formula is C18H31N5O. The van der Waals surface area contributed by atoms with Crippen LogP contribution in [0.4, 0.5) is 0 Å². The van der Waals surface area contributed by atoms with E-state index in [0.717, 1.165) is 32.4 Å². The fourth-order valence-corrected chi connectivity index (χ4v) is 3.99. The number of nitrogens with one attached hydrogen (secondary N) is 1. The van der Waals surface area contributed by atoms with Gasteiger partial charge in [-0.1, -0.05) is 0 Å². The molecule has 6 heteroatoms. The van der Waals surface area contributed by atoms with Gasteiger partial charge in [0.25, 0.3) is 0 Å². The maximum absolute atomic E-state index is 12.5. The summed E-state index contributed by atoms with van der Waals surface area (Å²) in [5.41, 5.74) is 1.18. The highest BCUT2D eigenvalue weighted by Crippen LogP contribution is 2.23. The van der Waals surface area contributed by atoms with Crippen LogP contribution in [0.2, 0.25) is 0 Å². The molecule has 0 unspecified atom stereocenters. The van der Waals surface area contributed by atoms with Crippen molar-refractivity contribution in [3.63, 3.8) is 0 Å². The van der Waals surface area contributed by atoms with Crippen LogP contribution >= 0.6 is 0 Å². The number of amides is 1. The number of rotatable bonds is 5. The third-order valence-corrected chi connectivity index (χ3v) is 5.50. The number of aryl methyl sites for hydroxylation is 1. The lowest BCUT2D eigenvalue weighted by Gasteiger charge is -2.41. The van der Waals surface area contributed by atoms with Gasteiger partial charge in [0.15, 0.2) is 0 Å². The van der Waals surface area contributed by atoms with Crippen LogP contribution in [0, 0.1) is 5.92 Å². The van der Waals surface area contributed by atoms with Gasteiger partial charge < -0.3 is 10.2 Å². The molecule has 3 rings (SSSR count). The molecule has 2 aliphatic heterocycles. The molecule has 0 aliphatic carbocycles. The number of carbonyl (C=O) groups is 1. The van der Waals surface area contributed by atoms with E-state index in [2.05, 4.69) is 27.3 Å². The van der Waals surface area contributed by atoms with Gasteiger partial charge in [0.1, 0.15) is 0 Å². The van der Waals surface area contributed by atoms with Crippen molar-refractivity contribution in [1.29, 1.82) is 0 Å². The van der Waals surface area contributed by atoms with Gasteiger partial charge >= 0.3 is 0 Å². The van der Waals surface area contributed by atoms with Crippen molar-refractivity contribution in [2.75, 3.05) is 39.8 Å². The van der Waals surface area contributed by atoms with E-state index in [1.165, 1.54) is 31.5 Å². The number of hydrogen-bond donors (Lipinski definition) is 1. The summed E-state index contributed by atoms with van der Waals surface area (Å²) in [6, 6.07) is 0.673. The van der Waals surface area contributed by atoms with Crippen molar-refractivity contribution >= 4 is 5.91 Å². The topological polar surface area (TPSA) is 53.4 Å². The second-order valence-electron chi connectivity index (χ2n) is 7.43. The smallest absolute Gasteiger partial charge is 0.224 e. The summed E-state index contributed by atoms with van der Waals surface area (Å²) in [6.45, 7) is 5.17. The van der Waals surface area contributed by atoms with Gasteiger partial charge in [0.05, 0.1) is 12.1 Å². The molecule has 2 saturated heterocycles. The van der Waals surface area contributed by atoms with Crippen LogP contribution in [-0.4, -0.2) is 71.3 Å². The van der Waals surface area contributed by atoms with Crippen molar-refractivity contribution in [3.05, 3.63) is 18.0 Å². The van der Waals surface area contributed by atoms with Crippen molar-refractivity contribution in [3.8, 4) is 0 Å². The standard InChI is InChI=1S/C18H31N5O/c1-21-10-6-17(7-11-21)23-9-3-4-16(14-23)18(24)19-8-5-15-12-20-22(2)13-15/h12-13,16-17H,3-11,14H2,1-2H3,(H,19,24)/t16-/m0/s1. The zero-order chi connectivity index (χ0) is 16.9. The Morgan fingerprint density at radius 3 is 2.75 bits per heavy atom. The molecule has 0 bridgehead atoms. The zero-order valence-corrected chi connectivity index (χ0v) is 15.1. The first-order chi connectivity index (χ1) is 11.6. The lowest BCUT2D eigenvalue weighted by molar-refractivity contribution is -0.127. The molecule has 1 atom stereocenters. The van der Waals surface area contributed by atoms with E-state index in [9.17, 15) is 4.79 Å². The fraction of sp³-hybridized carbons (Fsp3) is 0.778. The Bertz CT molecular complexity index is 535. The highest BCUT2D eigenvalue weighted by atomic mass is 16.1. The van der Waals surface area contributed by atoms with E-state index in [-0.39, 0.29) is 11.8 Å². The Morgan fingerprint density at radius 2 is 2.04 bits per heavy atom. The molecule has 0 spiro atoms. The molecule has 0 saturated carbocycles. The van der Waals surface area contributed by atoms with Gasteiger partial charge in [-0.3, -0.25) is 14.4 Å². The Balaban J connectivity index is 1.42. The molecule has 1 amide bonds. The Kier molecular flexibility index (Phi) is 5.89. The van der Waals surface area contributed by atoms with Gasteiger partial charge in [0.2, 0.25) is 5.91 Å². The van der Waals surface area contributed by atoms with Crippen LogP contribution in [0.15, 0.2) is 12.4 Å². The molecule has 3 heterocycles. The van der Waals surface area contributed by atoms with Gasteiger partial charge in [-0.2, -0.15) is 5.10 Å². The van der Waals surface area contributed by atoms with Crippen molar-refractivity contribution < 1.29 is 4.79 Å². The number of piperidine rings is 2. The summed E-state index contributed by atoms with van der Waals surface area (Å²) >= 11 is 0. The van der Waals surface area contributed by atoms with Crippen molar-refractivity contribution in [2.45, 2.75) is 38.1 Å². The van der Waals surface area contributed by atoms with Crippen LogP contribution in [0.1, 0.15) is 31.2 Å². The molecule has 1 aromatic heterocycles. The van der Waals surface area contributed by atoms with Crippen molar-refractivity contribution in [2.24, 2.45) is 13.0 Å². The lowest BCUT2D eigenvalue weighted by atomic mass is 9.93. The quantitative estimate of drug-likeness (QED) is 0.869.